The number of nitrogens with one attached hydrogen (secondary N) is 2. The van der Waals surface area contributed by atoms with Gasteiger partial charge in [0.15, 0.2) is 0 Å². The first kappa shape index (κ1) is 23.5. The van der Waals surface area contributed by atoms with Gasteiger partial charge in [-0.05, 0) is 47.9 Å². The Bertz CT molecular complexity index is 1060. The summed E-state index contributed by atoms with van der Waals surface area (Å²) in [6.07, 6.45) is 3.87. The van der Waals surface area contributed by atoms with Crippen LogP contribution in [0.15, 0.2) is 60.2 Å². The maximum absolute atomic E-state index is 12.3. The zero-order valence-electron chi connectivity index (χ0n) is 19.3. The second-order valence-electron chi connectivity index (χ2n) is 8.94. The van der Waals surface area contributed by atoms with Gasteiger partial charge in [0, 0.05) is 24.6 Å². The van der Waals surface area contributed by atoms with Crippen LogP contribution in [0.3, 0.4) is 0 Å². The minimum Gasteiger partial charge on any atom is -0.481 e. The van der Waals surface area contributed by atoms with Crippen molar-refractivity contribution in [2.75, 3.05) is 19.7 Å². The molecule has 4 rings (SSSR count). The van der Waals surface area contributed by atoms with Crippen molar-refractivity contribution in [1.82, 2.24) is 10.6 Å². The molecule has 0 saturated heterocycles. The van der Waals surface area contributed by atoms with E-state index in [9.17, 15) is 19.5 Å². The highest BCUT2D eigenvalue weighted by Gasteiger charge is 2.32. The van der Waals surface area contributed by atoms with Crippen LogP contribution in [0.5, 0.6) is 0 Å². The van der Waals surface area contributed by atoms with Gasteiger partial charge in [-0.3, -0.25) is 9.59 Å². The molecule has 178 valence electrons. The zero-order chi connectivity index (χ0) is 24.1. The number of carbonyl (C=O) groups excluding carboxylic acids is 2. The smallest absolute Gasteiger partial charge is 0.407 e. The lowest BCUT2D eigenvalue weighted by Crippen LogP contribution is -2.39. The van der Waals surface area contributed by atoms with E-state index in [0.717, 1.165) is 30.4 Å². The number of carboxylic acids is 1. The fourth-order valence-electron chi connectivity index (χ4n) is 4.67. The van der Waals surface area contributed by atoms with E-state index in [1.165, 1.54) is 11.1 Å². The first-order valence-electron chi connectivity index (χ1n) is 11.7. The van der Waals surface area contributed by atoms with Gasteiger partial charge in [-0.2, -0.15) is 0 Å². The number of ether oxygens (including phenoxy) is 1. The SMILES string of the molecule is C/C(=C\CNC(=O)OCC1c2ccccc2-c2ccccc21)C(=O)NCC(C(=O)O)C1CCC1. The van der Waals surface area contributed by atoms with E-state index >= 15 is 0 Å². The molecule has 1 atom stereocenters. The standard InChI is InChI=1S/C27H30N2O5/c1-17(25(30)29-15-23(26(31)32)18-7-6-8-18)13-14-28-27(33)34-16-24-21-11-4-2-9-19(21)20-10-3-5-12-22(20)24/h2-5,9-13,18,23-24H,6-8,14-16H2,1H3,(H,28,33)(H,29,30)(H,31,32)/b17-13+. The predicted octanol–water partition coefficient (Wildman–Crippen LogP) is 4.09. The Labute approximate surface area is 199 Å². The molecule has 0 aromatic heterocycles. The van der Waals surface area contributed by atoms with Crippen LogP contribution in [0.2, 0.25) is 0 Å². The van der Waals surface area contributed by atoms with Crippen LogP contribution >= 0.6 is 0 Å². The first-order valence-corrected chi connectivity index (χ1v) is 11.7. The molecule has 0 spiro atoms. The Balaban J connectivity index is 1.24. The predicted molar refractivity (Wildman–Crippen MR) is 128 cm³/mol. The van der Waals surface area contributed by atoms with Crippen molar-refractivity contribution >= 4 is 18.0 Å². The summed E-state index contributed by atoms with van der Waals surface area (Å²) in [5, 5.41) is 14.7. The highest BCUT2D eigenvalue weighted by molar-refractivity contribution is 5.93. The maximum atomic E-state index is 12.3. The van der Waals surface area contributed by atoms with Gasteiger partial charge < -0.3 is 20.5 Å². The fourth-order valence-corrected chi connectivity index (χ4v) is 4.67. The van der Waals surface area contributed by atoms with Gasteiger partial charge in [0.05, 0.1) is 5.92 Å². The fraction of sp³-hybridized carbons (Fsp3) is 0.370. The summed E-state index contributed by atoms with van der Waals surface area (Å²) < 4.78 is 5.49. The second-order valence-corrected chi connectivity index (χ2v) is 8.94. The van der Waals surface area contributed by atoms with Crippen molar-refractivity contribution in [3.05, 3.63) is 71.3 Å². The molecule has 0 bridgehead atoms. The van der Waals surface area contributed by atoms with Crippen LogP contribution < -0.4 is 10.6 Å². The monoisotopic (exact) mass is 462 g/mol. The molecule has 0 aliphatic heterocycles. The van der Waals surface area contributed by atoms with Gasteiger partial charge in [0.25, 0.3) is 0 Å². The van der Waals surface area contributed by atoms with Crippen molar-refractivity contribution in [3.8, 4) is 11.1 Å². The molecule has 0 radical (unpaired) electrons. The summed E-state index contributed by atoms with van der Waals surface area (Å²) >= 11 is 0. The average Bonchev–Trinajstić information content (AvgIpc) is 3.12. The number of carbonyl (C=O) groups is 3. The molecule has 2 amide bonds. The van der Waals surface area contributed by atoms with Crippen LogP contribution in [0.1, 0.15) is 43.2 Å². The summed E-state index contributed by atoms with van der Waals surface area (Å²) in [7, 11) is 0. The number of amides is 2. The zero-order valence-corrected chi connectivity index (χ0v) is 19.3. The Hall–Kier alpha value is -3.61. The summed E-state index contributed by atoms with van der Waals surface area (Å²) in [6, 6.07) is 16.3. The Morgan fingerprint density at radius 1 is 1.03 bits per heavy atom. The van der Waals surface area contributed by atoms with Crippen molar-refractivity contribution < 1.29 is 24.2 Å². The lowest BCUT2D eigenvalue weighted by atomic mass is 9.76. The number of hydrogen-bond acceptors (Lipinski definition) is 4. The van der Waals surface area contributed by atoms with E-state index in [-0.39, 0.29) is 37.4 Å². The van der Waals surface area contributed by atoms with Gasteiger partial charge in [0.1, 0.15) is 6.61 Å². The topological polar surface area (TPSA) is 105 Å². The highest BCUT2D eigenvalue weighted by Crippen LogP contribution is 2.44. The average molecular weight is 463 g/mol. The van der Waals surface area contributed by atoms with E-state index < -0.39 is 18.0 Å². The number of alkyl carbamates (subject to hydrolysis) is 1. The summed E-state index contributed by atoms with van der Waals surface area (Å²) in [5.41, 5.74) is 5.03. The quantitative estimate of drug-likeness (QED) is 0.487. The molecule has 34 heavy (non-hydrogen) atoms. The highest BCUT2D eigenvalue weighted by atomic mass is 16.5. The van der Waals surface area contributed by atoms with Gasteiger partial charge in [-0.1, -0.05) is 61.0 Å². The molecular weight excluding hydrogens is 432 g/mol. The van der Waals surface area contributed by atoms with E-state index in [2.05, 4.69) is 34.9 Å². The van der Waals surface area contributed by atoms with Gasteiger partial charge in [-0.15, -0.1) is 0 Å². The molecule has 2 aliphatic rings. The molecular formula is C27H30N2O5. The largest absolute Gasteiger partial charge is 0.481 e. The lowest BCUT2D eigenvalue weighted by molar-refractivity contribution is -0.144. The van der Waals surface area contributed by atoms with Gasteiger partial charge in [-0.25, -0.2) is 4.79 Å². The van der Waals surface area contributed by atoms with E-state index in [0.29, 0.717) is 5.57 Å². The van der Waals surface area contributed by atoms with Crippen LogP contribution in [0.4, 0.5) is 4.79 Å². The molecule has 2 aromatic rings. The molecule has 0 heterocycles. The Morgan fingerprint density at radius 3 is 2.21 bits per heavy atom. The van der Waals surface area contributed by atoms with E-state index in [1.54, 1.807) is 13.0 Å². The molecule has 3 N–H and O–H groups in total. The molecule has 1 fully saturated rings. The number of fused-ring (bicyclic) bond motifs is 3. The van der Waals surface area contributed by atoms with Crippen molar-refractivity contribution in [2.45, 2.75) is 32.1 Å². The van der Waals surface area contributed by atoms with E-state index in [1.807, 2.05) is 24.3 Å². The molecule has 2 aromatic carbocycles. The van der Waals surface area contributed by atoms with Crippen LogP contribution in [-0.4, -0.2) is 42.8 Å². The normalized spacial score (nSPS) is 16.1. The lowest BCUT2D eigenvalue weighted by Gasteiger charge is -2.31. The van der Waals surface area contributed by atoms with Gasteiger partial charge >= 0.3 is 12.1 Å². The van der Waals surface area contributed by atoms with Crippen molar-refractivity contribution in [3.63, 3.8) is 0 Å². The number of carboxylic acid groups (broad SMARTS) is 1. The minimum absolute atomic E-state index is 0.0148. The number of aliphatic carboxylic acids is 1. The third kappa shape index (κ3) is 5.14. The summed E-state index contributed by atoms with van der Waals surface area (Å²) in [5.74, 6) is -1.63. The molecule has 1 saturated carbocycles. The van der Waals surface area contributed by atoms with E-state index in [4.69, 9.17) is 4.74 Å². The van der Waals surface area contributed by atoms with Crippen LogP contribution in [-0.2, 0) is 14.3 Å². The third-order valence-corrected chi connectivity index (χ3v) is 6.88. The first-order chi connectivity index (χ1) is 16.5. The summed E-state index contributed by atoms with van der Waals surface area (Å²) in [4.78, 5) is 36.0. The summed E-state index contributed by atoms with van der Waals surface area (Å²) in [6.45, 7) is 2.11. The second kappa shape index (κ2) is 10.5. The Kier molecular flexibility index (Phi) is 7.30. The van der Waals surface area contributed by atoms with Crippen LogP contribution in [0.25, 0.3) is 11.1 Å². The molecule has 7 nitrogen and oxygen atoms in total. The van der Waals surface area contributed by atoms with Crippen molar-refractivity contribution in [2.24, 2.45) is 11.8 Å². The van der Waals surface area contributed by atoms with Gasteiger partial charge in [0.2, 0.25) is 5.91 Å². The van der Waals surface area contributed by atoms with Crippen molar-refractivity contribution in [1.29, 1.82) is 0 Å². The molecule has 2 aliphatic carbocycles. The molecule has 1 unspecified atom stereocenters. The number of hydrogen-bond donors (Lipinski definition) is 3. The number of benzene rings is 2. The third-order valence-electron chi connectivity index (χ3n) is 6.88. The Morgan fingerprint density at radius 2 is 1.65 bits per heavy atom. The minimum atomic E-state index is -0.872. The number of rotatable bonds is 9. The van der Waals surface area contributed by atoms with Crippen LogP contribution in [0, 0.1) is 11.8 Å². The molecule has 7 heteroatoms. The maximum Gasteiger partial charge on any atom is 0.407 e.